The third-order valence-electron chi connectivity index (χ3n) is 22.4. The molecule has 0 aliphatic carbocycles. The van der Waals surface area contributed by atoms with Gasteiger partial charge in [-0.1, -0.05) is 107 Å². The largest absolute Gasteiger partial charge is 0.446 e. The molecule has 144 heavy (non-hydrogen) atoms. The van der Waals surface area contributed by atoms with E-state index in [1.54, 1.807) is 91.8 Å². The van der Waals surface area contributed by atoms with Crippen LogP contribution in [0.25, 0.3) is 12.2 Å². The van der Waals surface area contributed by atoms with Crippen molar-refractivity contribution < 1.29 is 146 Å². The molecule has 786 valence electrons. The predicted octanol–water partition coefficient (Wildman–Crippen LogP) is 12.7. The number of aldehydes is 1. The van der Waals surface area contributed by atoms with Gasteiger partial charge in [-0.25, -0.2) is 34.8 Å². The van der Waals surface area contributed by atoms with E-state index < -0.39 is 179 Å². The average molecular weight is 2200 g/mol. The molecule has 12 rings (SSSR count). The molecule has 0 bridgehead atoms. The Morgan fingerprint density at radius 1 is 0.479 bits per heavy atom. The number of hydrogen-bond donors (Lipinski definition) is 9. The van der Waals surface area contributed by atoms with Crippen molar-refractivity contribution in [2.24, 2.45) is 20.7 Å². The van der Waals surface area contributed by atoms with Gasteiger partial charge in [-0.05, 0) is 200 Å². The van der Waals surface area contributed by atoms with Gasteiger partial charge in [-0.15, -0.1) is 23.2 Å². The minimum absolute atomic E-state index is 0.00457. The lowest BCUT2D eigenvalue weighted by atomic mass is 9.89. The van der Waals surface area contributed by atoms with Gasteiger partial charge in [0.25, 0.3) is 17.7 Å². The number of sulfonamides is 3. The Labute approximate surface area is 841 Å². The molecule has 3 spiro atoms. The van der Waals surface area contributed by atoms with Crippen molar-refractivity contribution in [3.05, 3.63) is 233 Å². The van der Waals surface area contributed by atoms with Gasteiger partial charge in [0.2, 0.25) is 36.4 Å². The fourth-order valence-electron chi connectivity index (χ4n) is 14.8. The molecule has 3 atom stereocenters. The Hall–Kier alpha value is -11.0. The second-order valence-corrected chi connectivity index (χ2v) is 42.6. The Bertz CT molecular complexity index is 6230. The zero-order valence-corrected chi connectivity index (χ0v) is 84.4. The maximum Gasteiger partial charge on any atom is 0.446 e. The Morgan fingerprint density at radius 3 is 1.02 bits per heavy atom. The van der Waals surface area contributed by atoms with E-state index in [0.717, 1.165) is 73.8 Å². The average Bonchev–Trinajstić information content (AvgIpc) is 1.62. The van der Waals surface area contributed by atoms with E-state index in [1.165, 1.54) is 61.5 Å². The van der Waals surface area contributed by atoms with Gasteiger partial charge in [-0.2, -0.15) is 65.6 Å². The summed E-state index contributed by atoms with van der Waals surface area (Å²) >= 11 is 12.9. The van der Waals surface area contributed by atoms with Crippen LogP contribution in [-0.2, 0) is 111 Å². The molecule has 6 aromatic carbocycles. The van der Waals surface area contributed by atoms with Crippen molar-refractivity contribution in [3.63, 3.8) is 0 Å². The van der Waals surface area contributed by atoms with Gasteiger partial charge < -0.3 is 57.1 Å². The van der Waals surface area contributed by atoms with Crippen molar-refractivity contribution >= 4 is 152 Å². The molecule has 0 radical (unpaired) electrons. The molecule has 32 nitrogen and oxygen atoms in total. The number of amides is 5. The highest BCUT2D eigenvalue weighted by Crippen LogP contribution is 2.40. The van der Waals surface area contributed by atoms with Gasteiger partial charge >= 0.3 is 36.9 Å². The number of hydrogen-bond acceptors (Lipinski definition) is 24. The minimum Gasteiger partial charge on any atom is -0.444 e. The summed E-state index contributed by atoms with van der Waals surface area (Å²) in [6, 6.07) is 26.1. The smallest absolute Gasteiger partial charge is 0.444 e. The summed E-state index contributed by atoms with van der Waals surface area (Å²) in [6.07, 6.45) is -17.3. The zero-order valence-electron chi connectivity index (χ0n) is 78.9. The van der Waals surface area contributed by atoms with Crippen LogP contribution in [0.3, 0.4) is 0 Å². The van der Waals surface area contributed by atoms with Crippen molar-refractivity contribution in [2.45, 2.75) is 191 Å². The number of carbonyl (C=O) groups excluding carboxylic acids is 9. The maximum absolute atomic E-state index is 13.2. The SMILES string of the molecule is C=CS(=O)(=O)N1CCC2(CC1)N=C(c1cccc(C(F)(F)F)c1)NC2=O.Cc1cc(CC(=O)[C@@H](N)CO)ccc1/C=C/S(=O)(=O)N1CCC2(CC1)N=C(c1cccc(C(F)(F)F)c1)NC2=O.Cc1cc(CC(=O)[C@H](CO)NC(=O)OC(C)(C)C)ccc1/C=C/S(=O)(=O)N1CCC2(CC1)N=C(c1cccc(C(F)(F)F)c1)NC2=O.Cc1cc(CC(=O)[C@H](CO)NC(=O)OC(C)(C)C)ccc1Br.ClCCl.O=CC(F)(F)F. The van der Waals surface area contributed by atoms with Crippen LogP contribution in [0.5, 0.6) is 0 Å². The number of halogens is 15. The normalized spacial score (nSPS) is 17.2. The summed E-state index contributed by atoms with van der Waals surface area (Å²) in [5, 5.41) is 43.5. The second-order valence-electron chi connectivity index (χ2n) is 35.4. The van der Waals surface area contributed by atoms with Crippen LogP contribution in [0.4, 0.5) is 62.3 Å². The van der Waals surface area contributed by atoms with E-state index >= 15 is 0 Å². The van der Waals surface area contributed by atoms with Gasteiger partial charge in [-0.3, -0.25) is 48.5 Å². The van der Waals surface area contributed by atoms with Crippen LogP contribution in [0.15, 0.2) is 170 Å². The highest BCUT2D eigenvalue weighted by molar-refractivity contribution is 9.10. The Balaban J connectivity index is 0.000000262. The molecule has 0 unspecified atom stereocenters. The third kappa shape index (κ3) is 34.6. The highest BCUT2D eigenvalue weighted by atomic mass is 79.9. The molecular formula is C94H107BrCl2F12N12O20S3. The number of alkyl halides is 14. The number of amidine groups is 3. The fraction of sp³-hybridized carbons (Fsp3) is 0.426. The standard InChI is InChI=1S/C32H37F3N4O7S.C27H29F3N4O5S.C16H22BrNO4.C16H16F3N3O3S.C2HF3O.CH2Cl2/c1-20-16-21(17-26(41)25(19-40)36-29(43)46-30(2,3)4)8-9-22(20)10-15-47(44,45)39-13-11-31(12-14-39)28(42)37-27(38-31)23-6-5-7-24(18-23)32(33,34)35;1-17-13-18(14-23(36)22(31)16-35)5-6-19(17)7-12-40(38,39)34-10-8-26(9-11-34)25(37)32-24(33-26)20-3-2-4-21(15-20)27(28,29)30;1-10-7-11(5-6-12(10)17)8-14(20)13(9-19)18-15(21)22-16(2,3)4;1-2-26(24,25)22-8-6-15(7-9-22)14(23)20-13(21-15)11-4-3-5-12(10-11)16(17,18)19;3-2(4,5)1-6;2-1-3/h5-10,15-16,18,25,40H,11-14,17,19H2,1-4H3,(H,36,43)(H,37,38,42);2-7,12-13,15,22,35H,8-11,14,16,31H2,1H3,(H,32,33,37);5-7,13,19H,8-9H2,1-4H3,(H,18,21);2-5,10H,1,6-9H2,(H,20,21,23);1H;1H2/b15-10+;12-7+;;;;/t25-;22-;13-;;;/m000.../s1. The topological polar surface area (TPSA) is 468 Å². The number of nitrogens with zero attached hydrogens (tertiary/aromatic N) is 6. The lowest BCUT2D eigenvalue weighted by Gasteiger charge is -2.34. The summed E-state index contributed by atoms with van der Waals surface area (Å²) in [4.78, 5) is 121. The molecular weight excluding hydrogens is 2090 g/mol. The summed E-state index contributed by atoms with van der Waals surface area (Å²) in [5.74, 6) is -2.28. The van der Waals surface area contributed by atoms with Crippen LogP contribution in [-0.4, -0.2) is 241 Å². The number of nitrogens with two attached hydrogens (primary N) is 1. The van der Waals surface area contributed by atoms with E-state index in [2.05, 4.69) is 64.1 Å². The number of ether oxygens (including phenoxy) is 2. The molecule has 0 aromatic heterocycles. The zero-order chi connectivity index (χ0) is 108. The number of nitrogens with one attached hydrogen (secondary N) is 5. The number of Topliss-reactive ketones (excluding diaryl/α,β-unsaturated/α-hetero) is 3. The van der Waals surface area contributed by atoms with Crippen molar-refractivity contribution in [1.29, 1.82) is 0 Å². The number of alkyl carbamates (subject to hydrolysis) is 2. The first kappa shape index (κ1) is 120. The van der Waals surface area contributed by atoms with Crippen LogP contribution in [0.1, 0.15) is 158 Å². The van der Waals surface area contributed by atoms with Crippen LogP contribution < -0.4 is 32.3 Å². The molecule has 5 amide bonds. The number of rotatable bonds is 25. The van der Waals surface area contributed by atoms with Crippen LogP contribution >= 0.6 is 39.1 Å². The van der Waals surface area contributed by atoms with Crippen molar-refractivity contribution in [2.75, 3.05) is 64.4 Å². The number of aliphatic hydroxyl groups excluding tert-OH is 3. The molecule has 3 saturated heterocycles. The van der Waals surface area contributed by atoms with Gasteiger partial charge in [0, 0.05) is 95.9 Å². The lowest BCUT2D eigenvalue weighted by molar-refractivity contribution is -0.156. The summed E-state index contributed by atoms with van der Waals surface area (Å²) in [5.41, 5.74) is 4.02. The lowest BCUT2D eigenvalue weighted by Crippen LogP contribution is -2.50. The molecule has 0 saturated carbocycles. The van der Waals surface area contributed by atoms with Crippen LogP contribution in [0, 0.1) is 20.8 Å². The summed E-state index contributed by atoms with van der Waals surface area (Å²) in [6.45, 7) is 17.5. The number of aliphatic hydroxyl groups is 3. The number of piperidine rings is 3. The molecule has 50 heteroatoms. The molecule has 6 aromatic rings. The Kier molecular flexibility index (Phi) is 41.6. The summed E-state index contributed by atoms with van der Waals surface area (Å²) < 4.78 is 240. The molecule has 3 fully saturated rings. The van der Waals surface area contributed by atoms with Crippen molar-refractivity contribution in [3.8, 4) is 0 Å². The van der Waals surface area contributed by atoms with E-state index in [4.69, 9.17) is 48.3 Å². The van der Waals surface area contributed by atoms with Crippen LogP contribution in [0.2, 0.25) is 0 Å². The first-order chi connectivity index (χ1) is 66.7. The molecule has 6 heterocycles. The number of aryl methyl sites for hydroxylation is 3. The van der Waals surface area contributed by atoms with E-state index in [9.17, 15) is 127 Å². The molecule has 6 aliphatic rings. The second kappa shape index (κ2) is 49.9. The van der Waals surface area contributed by atoms with Gasteiger partial charge in [0.1, 0.15) is 57.4 Å². The first-order valence-corrected chi connectivity index (χ1v) is 50.1. The monoisotopic (exact) mass is 2200 g/mol. The van der Waals surface area contributed by atoms with Gasteiger partial charge in [0.15, 0.2) is 17.3 Å². The molecule has 10 N–H and O–H groups in total. The number of aliphatic imine (C=N–C) groups is 3. The highest BCUT2D eigenvalue weighted by Gasteiger charge is 2.51. The number of ketones is 3. The van der Waals surface area contributed by atoms with E-state index in [0.29, 0.717) is 27.8 Å². The van der Waals surface area contributed by atoms with E-state index in [-0.39, 0.29) is 148 Å². The Morgan fingerprint density at radius 2 is 0.764 bits per heavy atom. The first-order valence-electron chi connectivity index (χ1n) is 43.7. The van der Waals surface area contributed by atoms with E-state index in [1.807, 2.05) is 25.1 Å². The minimum atomic E-state index is -4.64. The summed E-state index contributed by atoms with van der Waals surface area (Å²) in [7, 11) is -11.3. The number of benzene rings is 6. The quantitative estimate of drug-likeness (QED) is 0.0146. The third-order valence-corrected chi connectivity index (χ3v) is 27.9. The molecule has 6 aliphatic heterocycles. The fourth-order valence-corrected chi connectivity index (χ4v) is 18.3. The van der Waals surface area contributed by atoms with Crippen molar-refractivity contribution in [1.82, 2.24) is 39.5 Å². The maximum atomic E-state index is 13.2. The predicted molar refractivity (Wildman–Crippen MR) is 516 cm³/mol. The van der Waals surface area contributed by atoms with Gasteiger partial charge in [0.05, 0.1) is 47.9 Å². The number of carbonyl (C=O) groups is 9.